The summed E-state index contributed by atoms with van der Waals surface area (Å²) in [6.07, 6.45) is 3.67. The van der Waals surface area contributed by atoms with Crippen molar-refractivity contribution >= 4 is 34.0 Å². The van der Waals surface area contributed by atoms with E-state index in [0.717, 1.165) is 37.8 Å². The molecule has 1 aromatic carbocycles. The van der Waals surface area contributed by atoms with E-state index in [4.69, 9.17) is 11.6 Å². The van der Waals surface area contributed by atoms with Crippen molar-refractivity contribution in [3.63, 3.8) is 0 Å². The molecular formula is C14H22Cl2N2O2S. The Bertz CT molecular complexity index is 558. The SMILES string of the molecule is CCCc1ccc(Cl)c(S(=O)(=O)N[C@@H]2CCCNC2)c1.Cl. The molecule has 1 saturated heterocycles. The quantitative estimate of drug-likeness (QED) is 0.856. The molecule has 1 aromatic rings. The molecule has 0 aromatic heterocycles. The van der Waals surface area contributed by atoms with Gasteiger partial charge in [-0.2, -0.15) is 0 Å². The number of sulfonamides is 1. The van der Waals surface area contributed by atoms with Gasteiger partial charge >= 0.3 is 0 Å². The van der Waals surface area contributed by atoms with E-state index in [-0.39, 0.29) is 28.4 Å². The zero-order chi connectivity index (χ0) is 14.6. The minimum absolute atomic E-state index is 0. The summed E-state index contributed by atoms with van der Waals surface area (Å²) in [7, 11) is -3.55. The molecule has 0 amide bonds. The lowest BCUT2D eigenvalue weighted by molar-refractivity contribution is 0.428. The van der Waals surface area contributed by atoms with Crippen LogP contribution in [0.15, 0.2) is 23.1 Å². The van der Waals surface area contributed by atoms with E-state index in [1.54, 1.807) is 12.1 Å². The van der Waals surface area contributed by atoms with Gasteiger partial charge in [0.1, 0.15) is 4.90 Å². The van der Waals surface area contributed by atoms with Crippen LogP contribution >= 0.6 is 24.0 Å². The maximum absolute atomic E-state index is 12.5. The fourth-order valence-corrected chi connectivity index (χ4v) is 4.25. The van der Waals surface area contributed by atoms with Gasteiger partial charge in [0, 0.05) is 12.6 Å². The molecule has 4 nitrogen and oxygen atoms in total. The predicted molar refractivity (Wildman–Crippen MR) is 88.9 cm³/mol. The molecule has 1 aliphatic rings. The molecule has 0 radical (unpaired) electrons. The molecule has 21 heavy (non-hydrogen) atoms. The van der Waals surface area contributed by atoms with Gasteiger partial charge in [0.25, 0.3) is 0 Å². The molecule has 1 atom stereocenters. The average Bonchev–Trinajstić information content (AvgIpc) is 2.42. The lowest BCUT2D eigenvalue weighted by atomic mass is 10.1. The summed E-state index contributed by atoms with van der Waals surface area (Å²) in [5, 5.41) is 3.47. The van der Waals surface area contributed by atoms with Gasteiger partial charge in [0.2, 0.25) is 10.0 Å². The first-order valence-electron chi connectivity index (χ1n) is 7.04. The van der Waals surface area contributed by atoms with E-state index in [2.05, 4.69) is 17.0 Å². The summed E-state index contributed by atoms with van der Waals surface area (Å²) in [6.45, 7) is 3.69. The first-order chi connectivity index (χ1) is 9.53. The van der Waals surface area contributed by atoms with Crippen LogP contribution in [-0.4, -0.2) is 27.5 Å². The lowest BCUT2D eigenvalue weighted by Crippen LogP contribution is -2.45. The number of rotatable bonds is 5. The molecule has 0 saturated carbocycles. The van der Waals surface area contributed by atoms with Gasteiger partial charge in [-0.15, -0.1) is 12.4 Å². The van der Waals surface area contributed by atoms with Gasteiger partial charge in [0.05, 0.1) is 5.02 Å². The van der Waals surface area contributed by atoms with Crippen molar-refractivity contribution in [3.05, 3.63) is 28.8 Å². The molecular weight excluding hydrogens is 331 g/mol. The van der Waals surface area contributed by atoms with Crippen molar-refractivity contribution in [2.24, 2.45) is 0 Å². The second-order valence-electron chi connectivity index (χ2n) is 5.18. The van der Waals surface area contributed by atoms with Gasteiger partial charge < -0.3 is 5.32 Å². The fourth-order valence-electron chi connectivity index (χ4n) is 2.43. The Labute approximate surface area is 138 Å². The van der Waals surface area contributed by atoms with Crippen LogP contribution in [0.3, 0.4) is 0 Å². The first-order valence-corrected chi connectivity index (χ1v) is 8.90. The maximum atomic E-state index is 12.5. The highest BCUT2D eigenvalue weighted by atomic mass is 35.5. The monoisotopic (exact) mass is 352 g/mol. The van der Waals surface area contributed by atoms with Gasteiger partial charge in [-0.3, -0.25) is 0 Å². The first kappa shape index (κ1) is 18.7. The number of benzene rings is 1. The molecule has 2 N–H and O–H groups in total. The van der Waals surface area contributed by atoms with Crippen molar-refractivity contribution in [1.82, 2.24) is 10.0 Å². The third-order valence-corrected chi connectivity index (χ3v) is 5.44. The fraction of sp³-hybridized carbons (Fsp3) is 0.571. The van der Waals surface area contributed by atoms with E-state index in [1.165, 1.54) is 0 Å². The smallest absolute Gasteiger partial charge is 0.242 e. The van der Waals surface area contributed by atoms with Gasteiger partial charge in [-0.1, -0.05) is 31.0 Å². The Kier molecular flexibility index (Phi) is 7.44. The Hall–Kier alpha value is -0.330. The topological polar surface area (TPSA) is 58.2 Å². The van der Waals surface area contributed by atoms with Gasteiger partial charge in [-0.05, 0) is 43.5 Å². The molecule has 120 valence electrons. The summed E-state index contributed by atoms with van der Waals surface area (Å²) in [4.78, 5) is 0.190. The Morgan fingerprint density at radius 2 is 2.19 bits per heavy atom. The zero-order valence-electron chi connectivity index (χ0n) is 12.1. The number of hydrogen-bond acceptors (Lipinski definition) is 3. The van der Waals surface area contributed by atoms with Crippen LogP contribution in [0.4, 0.5) is 0 Å². The Balaban J connectivity index is 0.00000220. The highest BCUT2D eigenvalue weighted by Crippen LogP contribution is 2.24. The normalized spacial score (nSPS) is 19.0. The van der Waals surface area contributed by atoms with E-state index in [9.17, 15) is 8.42 Å². The highest BCUT2D eigenvalue weighted by Gasteiger charge is 2.23. The number of piperidine rings is 1. The second kappa shape index (κ2) is 8.34. The van der Waals surface area contributed by atoms with Crippen molar-refractivity contribution in [1.29, 1.82) is 0 Å². The van der Waals surface area contributed by atoms with Crippen LogP contribution in [0.5, 0.6) is 0 Å². The van der Waals surface area contributed by atoms with E-state index in [1.807, 2.05) is 6.07 Å². The lowest BCUT2D eigenvalue weighted by Gasteiger charge is -2.24. The van der Waals surface area contributed by atoms with E-state index >= 15 is 0 Å². The minimum atomic E-state index is -3.55. The van der Waals surface area contributed by atoms with Crippen molar-refractivity contribution in [2.45, 2.75) is 43.5 Å². The highest BCUT2D eigenvalue weighted by molar-refractivity contribution is 7.89. The van der Waals surface area contributed by atoms with Crippen LogP contribution in [0, 0.1) is 0 Å². The Morgan fingerprint density at radius 1 is 1.43 bits per heavy atom. The number of nitrogens with one attached hydrogen (secondary N) is 2. The summed E-state index contributed by atoms with van der Waals surface area (Å²) in [6, 6.07) is 5.18. The molecule has 0 unspecified atom stereocenters. The summed E-state index contributed by atoms with van der Waals surface area (Å²) in [5.74, 6) is 0. The largest absolute Gasteiger partial charge is 0.315 e. The van der Waals surface area contributed by atoms with Crippen molar-refractivity contribution < 1.29 is 8.42 Å². The van der Waals surface area contributed by atoms with Crippen molar-refractivity contribution in [3.8, 4) is 0 Å². The van der Waals surface area contributed by atoms with Gasteiger partial charge in [0.15, 0.2) is 0 Å². The van der Waals surface area contributed by atoms with E-state index < -0.39 is 10.0 Å². The molecule has 1 heterocycles. The van der Waals surface area contributed by atoms with E-state index in [0.29, 0.717) is 6.54 Å². The standard InChI is InChI=1S/C14H21ClN2O2S.ClH/c1-2-4-11-6-7-13(15)14(9-11)20(18,19)17-12-5-3-8-16-10-12;/h6-7,9,12,16-17H,2-5,8,10H2,1H3;1H/t12-;/m1./s1. The zero-order valence-corrected chi connectivity index (χ0v) is 14.5. The van der Waals surface area contributed by atoms with Crippen molar-refractivity contribution in [2.75, 3.05) is 13.1 Å². The molecule has 0 spiro atoms. The number of aryl methyl sites for hydroxylation is 1. The molecule has 2 rings (SSSR count). The summed E-state index contributed by atoms with van der Waals surface area (Å²) in [5.41, 5.74) is 0.999. The third-order valence-electron chi connectivity index (χ3n) is 3.44. The van der Waals surface area contributed by atoms with Crippen LogP contribution in [0.1, 0.15) is 31.7 Å². The predicted octanol–water partition coefficient (Wildman–Crippen LogP) is 2.74. The van der Waals surface area contributed by atoms with Crippen LogP contribution in [0.25, 0.3) is 0 Å². The van der Waals surface area contributed by atoms with Crippen LogP contribution in [-0.2, 0) is 16.4 Å². The summed E-state index contributed by atoms with van der Waals surface area (Å²) >= 11 is 6.06. The second-order valence-corrected chi connectivity index (χ2v) is 7.27. The Morgan fingerprint density at radius 3 is 2.81 bits per heavy atom. The van der Waals surface area contributed by atoms with Crippen LogP contribution < -0.4 is 10.0 Å². The van der Waals surface area contributed by atoms with Gasteiger partial charge in [-0.25, -0.2) is 13.1 Å². The van der Waals surface area contributed by atoms with Crippen LogP contribution in [0.2, 0.25) is 5.02 Å². The summed E-state index contributed by atoms with van der Waals surface area (Å²) < 4.78 is 27.7. The molecule has 0 aliphatic carbocycles. The molecule has 0 bridgehead atoms. The number of halogens is 2. The minimum Gasteiger partial charge on any atom is -0.315 e. The third kappa shape index (κ3) is 5.11. The maximum Gasteiger partial charge on any atom is 0.242 e. The number of hydrogen-bond donors (Lipinski definition) is 2. The average molecular weight is 353 g/mol. The molecule has 1 fully saturated rings. The molecule has 7 heteroatoms. The molecule has 1 aliphatic heterocycles.